The van der Waals surface area contributed by atoms with Gasteiger partial charge in [0.15, 0.2) is 11.5 Å². The monoisotopic (exact) mass is 333 g/mol. The molecule has 1 aromatic carbocycles. The average molecular weight is 333 g/mol. The van der Waals surface area contributed by atoms with Crippen molar-refractivity contribution in [1.29, 1.82) is 0 Å². The summed E-state index contributed by atoms with van der Waals surface area (Å²) in [6.45, 7) is 5.86. The summed E-state index contributed by atoms with van der Waals surface area (Å²) in [5, 5.41) is 0. The van der Waals surface area contributed by atoms with Gasteiger partial charge in [0.2, 0.25) is 0 Å². The highest BCUT2D eigenvalue weighted by Crippen LogP contribution is 2.30. The second-order valence-electron chi connectivity index (χ2n) is 6.62. The number of ether oxygens (including phenoxy) is 2. The quantitative estimate of drug-likeness (QED) is 0.649. The van der Waals surface area contributed by atoms with E-state index >= 15 is 0 Å². The van der Waals surface area contributed by atoms with Crippen LogP contribution in [0.3, 0.4) is 0 Å². The van der Waals surface area contributed by atoms with Gasteiger partial charge < -0.3 is 14.4 Å². The van der Waals surface area contributed by atoms with E-state index in [1.165, 1.54) is 25.7 Å². The summed E-state index contributed by atoms with van der Waals surface area (Å²) in [7, 11) is 1.62. The molecule has 4 nitrogen and oxygen atoms in total. The first-order chi connectivity index (χ1) is 11.7. The van der Waals surface area contributed by atoms with Crippen molar-refractivity contribution in [3.63, 3.8) is 0 Å². The van der Waals surface area contributed by atoms with Crippen LogP contribution in [0.4, 0.5) is 0 Å². The molecule has 0 aliphatic carbocycles. The van der Waals surface area contributed by atoms with Gasteiger partial charge in [0.05, 0.1) is 13.7 Å². The molecule has 1 aliphatic heterocycles. The average Bonchev–Trinajstić information content (AvgIpc) is 2.61. The number of methoxy groups -OCH3 is 1. The number of nitrogens with zero attached hydrogens (tertiary/aromatic N) is 1. The first-order valence-electron chi connectivity index (χ1n) is 9.29. The van der Waals surface area contributed by atoms with Gasteiger partial charge in [0.1, 0.15) is 0 Å². The number of amides is 1. The van der Waals surface area contributed by atoms with Gasteiger partial charge in [-0.15, -0.1) is 0 Å². The molecule has 1 unspecified atom stereocenters. The van der Waals surface area contributed by atoms with Crippen molar-refractivity contribution in [2.45, 2.75) is 64.8 Å². The largest absolute Gasteiger partial charge is 0.493 e. The maximum Gasteiger partial charge on any atom is 0.254 e. The zero-order valence-corrected chi connectivity index (χ0v) is 15.3. The van der Waals surface area contributed by atoms with Crippen LogP contribution in [-0.4, -0.2) is 37.1 Å². The molecule has 0 bridgehead atoms. The summed E-state index contributed by atoms with van der Waals surface area (Å²) in [5.74, 6) is 1.45. The molecule has 2 rings (SSSR count). The zero-order valence-electron chi connectivity index (χ0n) is 15.3. The second-order valence-corrected chi connectivity index (χ2v) is 6.62. The molecule has 0 radical (unpaired) electrons. The Morgan fingerprint density at radius 3 is 2.75 bits per heavy atom. The summed E-state index contributed by atoms with van der Waals surface area (Å²) in [6, 6.07) is 5.84. The Hall–Kier alpha value is -1.71. The van der Waals surface area contributed by atoms with E-state index < -0.39 is 0 Å². The third-order valence-corrected chi connectivity index (χ3v) is 4.73. The van der Waals surface area contributed by atoms with Gasteiger partial charge in [-0.05, 0) is 50.8 Å². The van der Waals surface area contributed by atoms with Crippen molar-refractivity contribution >= 4 is 5.91 Å². The third kappa shape index (κ3) is 4.89. The minimum absolute atomic E-state index is 0.0926. The smallest absolute Gasteiger partial charge is 0.254 e. The van der Waals surface area contributed by atoms with Crippen LogP contribution in [0.5, 0.6) is 11.5 Å². The molecule has 1 aliphatic rings. The minimum atomic E-state index is 0.0926. The third-order valence-electron chi connectivity index (χ3n) is 4.73. The molecular weight excluding hydrogens is 302 g/mol. The maximum absolute atomic E-state index is 12.8. The van der Waals surface area contributed by atoms with Gasteiger partial charge in [0, 0.05) is 18.2 Å². The summed E-state index contributed by atoms with van der Waals surface area (Å²) < 4.78 is 11.3. The molecule has 0 spiro atoms. The fraction of sp³-hybridized carbons (Fsp3) is 0.650. The topological polar surface area (TPSA) is 38.8 Å². The van der Waals surface area contributed by atoms with Crippen LogP contribution in [-0.2, 0) is 0 Å². The predicted octanol–water partition coefficient (Wildman–Crippen LogP) is 4.67. The Kier molecular flexibility index (Phi) is 7.41. The normalized spacial score (nSPS) is 17.6. The Morgan fingerprint density at radius 2 is 2.04 bits per heavy atom. The number of rotatable bonds is 8. The molecule has 1 fully saturated rings. The molecule has 0 N–H and O–H groups in total. The van der Waals surface area contributed by atoms with Gasteiger partial charge in [-0.2, -0.15) is 0 Å². The minimum Gasteiger partial charge on any atom is -0.493 e. The number of hydrogen-bond donors (Lipinski definition) is 0. The highest BCUT2D eigenvalue weighted by molar-refractivity contribution is 5.95. The molecule has 1 aromatic rings. The molecule has 1 saturated heterocycles. The molecule has 1 amide bonds. The van der Waals surface area contributed by atoms with E-state index in [2.05, 4.69) is 13.8 Å². The van der Waals surface area contributed by atoms with Gasteiger partial charge in [0.25, 0.3) is 5.91 Å². The van der Waals surface area contributed by atoms with Crippen LogP contribution in [0.2, 0.25) is 0 Å². The van der Waals surface area contributed by atoms with Crippen molar-refractivity contribution in [2.24, 2.45) is 0 Å². The molecule has 1 atom stereocenters. The van der Waals surface area contributed by atoms with Gasteiger partial charge in [-0.3, -0.25) is 4.79 Å². The lowest BCUT2D eigenvalue weighted by molar-refractivity contribution is 0.0635. The van der Waals surface area contributed by atoms with Crippen LogP contribution >= 0.6 is 0 Å². The molecule has 134 valence electrons. The van der Waals surface area contributed by atoms with Crippen LogP contribution in [0.25, 0.3) is 0 Å². The Labute approximate surface area is 146 Å². The molecule has 24 heavy (non-hydrogen) atoms. The first-order valence-corrected chi connectivity index (χ1v) is 9.29. The molecular formula is C20H31NO3. The summed E-state index contributed by atoms with van der Waals surface area (Å²) in [6.07, 6.45) is 8.06. The van der Waals surface area contributed by atoms with Crippen LogP contribution < -0.4 is 9.47 Å². The Balaban J connectivity index is 2.00. The Bertz CT molecular complexity index is 530. The first kappa shape index (κ1) is 18.6. The Morgan fingerprint density at radius 1 is 1.21 bits per heavy atom. The van der Waals surface area contributed by atoms with Crippen molar-refractivity contribution in [3.05, 3.63) is 23.8 Å². The number of carbonyl (C=O) groups excluding carboxylic acids is 1. The highest BCUT2D eigenvalue weighted by Gasteiger charge is 2.24. The maximum atomic E-state index is 12.8. The molecule has 1 heterocycles. The SMILES string of the molecule is CCCCCCOc1ccc(C(=O)N2CCCCC2C)cc1OC. The lowest BCUT2D eigenvalue weighted by Crippen LogP contribution is -2.42. The fourth-order valence-electron chi connectivity index (χ4n) is 3.20. The van der Waals surface area contributed by atoms with E-state index in [1.54, 1.807) is 7.11 Å². The van der Waals surface area contributed by atoms with Crippen LogP contribution in [0.1, 0.15) is 69.2 Å². The number of piperidine rings is 1. The molecule has 4 heteroatoms. The van der Waals surface area contributed by atoms with Crippen molar-refractivity contribution in [1.82, 2.24) is 4.90 Å². The van der Waals surface area contributed by atoms with Crippen molar-refractivity contribution < 1.29 is 14.3 Å². The lowest BCUT2D eigenvalue weighted by Gasteiger charge is -2.33. The van der Waals surface area contributed by atoms with Crippen molar-refractivity contribution in [3.8, 4) is 11.5 Å². The van der Waals surface area contributed by atoms with E-state index in [1.807, 2.05) is 23.1 Å². The summed E-state index contributed by atoms with van der Waals surface area (Å²) in [5.41, 5.74) is 0.680. The van der Waals surface area contributed by atoms with E-state index in [0.717, 1.165) is 31.6 Å². The van der Waals surface area contributed by atoms with Gasteiger partial charge in [-0.25, -0.2) is 0 Å². The van der Waals surface area contributed by atoms with E-state index in [9.17, 15) is 4.79 Å². The molecule has 0 aromatic heterocycles. The number of likely N-dealkylation sites (tertiary alicyclic amines) is 1. The van der Waals surface area contributed by atoms with Crippen LogP contribution in [0.15, 0.2) is 18.2 Å². The summed E-state index contributed by atoms with van der Waals surface area (Å²) in [4.78, 5) is 14.7. The number of benzene rings is 1. The second kappa shape index (κ2) is 9.55. The standard InChI is InChI=1S/C20H31NO3/c1-4-5-6-9-14-24-18-12-11-17(15-19(18)23-3)20(22)21-13-8-7-10-16(21)2/h11-12,15-16H,4-10,13-14H2,1-3H3. The molecule has 0 saturated carbocycles. The zero-order chi connectivity index (χ0) is 17.4. The van der Waals surface area contributed by atoms with E-state index in [0.29, 0.717) is 24.0 Å². The number of hydrogen-bond acceptors (Lipinski definition) is 3. The van der Waals surface area contributed by atoms with Gasteiger partial charge >= 0.3 is 0 Å². The van der Waals surface area contributed by atoms with Gasteiger partial charge in [-0.1, -0.05) is 26.2 Å². The van der Waals surface area contributed by atoms with E-state index in [-0.39, 0.29) is 5.91 Å². The highest BCUT2D eigenvalue weighted by atomic mass is 16.5. The predicted molar refractivity (Wildman–Crippen MR) is 97.0 cm³/mol. The fourth-order valence-corrected chi connectivity index (χ4v) is 3.20. The van der Waals surface area contributed by atoms with Crippen molar-refractivity contribution in [2.75, 3.05) is 20.3 Å². The summed E-state index contributed by atoms with van der Waals surface area (Å²) >= 11 is 0. The number of unbranched alkanes of at least 4 members (excludes halogenated alkanes) is 3. The van der Waals surface area contributed by atoms with E-state index in [4.69, 9.17) is 9.47 Å². The van der Waals surface area contributed by atoms with Crippen LogP contribution in [0, 0.1) is 0 Å². The number of carbonyl (C=O) groups is 1. The lowest BCUT2D eigenvalue weighted by atomic mass is 10.0.